The van der Waals surface area contributed by atoms with Crippen LogP contribution < -0.4 is 0 Å². The predicted molar refractivity (Wildman–Crippen MR) is 118 cm³/mol. The average molecular weight is 415 g/mol. The Balaban J connectivity index is 2.96. The molecule has 0 aromatic carbocycles. The zero-order valence-electron chi connectivity index (χ0n) is 19.5. The molecule has 0 aromatic rings. The highest BCUT2D eigenvalue weighted by Gasteiger charge is 2.58. The summed E-state index contributed by atoms with van der Waals surface area (Å²) in [7, 11) is 0. The summed E-state index contributed by atoms with van der Waals surface area (Å²) < 4.78 is 31.2. The van der Waals surface area contributed by atoms with E-state index in [1.165, 1.54) is 0 Å². The van der Waals surface area contributed by atoms with Gasteiger partial charge in [0.15, 0.2) is 0 Å². The molecule has 1 rings (SSSR count). The van der Waals surface area contributed by atoms with Crippen LogP contribution in [0.1, 0.15) is 98.3 Å². The summed E-state index contributed by atoms with van der Waals surface area (Å²) in [6, 6.07) is 0. The first-order valence-electron chi connectivity index (χ1n) is 12.0. The number of ether oxygens (including phenoxy) is 5. The normalized spacial score (nSPS) is 21.7. The molecular formula is C24H46O5. The van der Waals surface area contributed by atoms with E-state index in [0.29, 0.717) is 33.0 Å². The molecule has 5 nitrogen and oxygen atoms in total. The second kappa shape index (κ2) is 16.1. The lowest BCUT2D eigenvalue weighted by Crippen LogP contribution is -2.63. The maximum Gasteiger partial charge on any atom is 0.313 e. The molecule has 1 aliphatic rings. The summed E-state index contributed by atoms with van der Waals surface area (Å²) in [5.74, 6) is -1.11. The van der Waals surface area contributed by atoms with Gasteiger partial charge in [-0.2, -0.15) is 0 Å². The SMILES string of the molecule is CCC=COCCCC1(OCCCC)CCCOC1(OCCCC)OCCCC. The number of unbranched alkanes of at least 4 members (excludes halogenated alkanes) is 3. The molecule has 5 heteroatoms. The molecule has 29 heavy (non-hydrogen) atoms. The Bertz CT molecular complexity index is 402. The Morgan fingerprint density at radius 2 is 1.41 bits per heavy atom. The van der Waals surface area contributed by atoms with Crippen LogP contribution in [0.25, 0.3) is 0 Å². The van der Waals surface area contributed by atoms with Crippen molar-refractivity contribution in [2.45, 2.75) is 110 Å². The van der Waals surface area contributed by atoms with Crippen LogP contribution in [0, 0.1) is 0 Å². The van der Waals surface area contributed by atoms with Crippen molar-refractivity contribution in [3.05, 3.63) is 12.3 Å². The third kappa shape index (κ3) is 8.95. The molecule has 0 radical (unpaired) electrons. The summed E-state index contributed by atoms with van der Waals surface area (Å²) in [6.07, 6.45) is 14.6. The minimum atomic E-state index is -1.11. The van der Waals surface area contributed by atoms with Crippen molar-refractivity contribution >= 4 is 0 Å². The van der Waals surface area contributed by atoms with Crippen molar-refractivity contribution in [3.8, 4) is 0 Å². The van der Waals surface area contributed by atoms with Crippen molar-refractivity contribution < 1.29 is 23.7 Å². The first-order valence-corrected chi connectivity index (χ1v) is 12.0. The zero-order chi connectivity index (χ0) is 21.3. The summed E-state index contributed by atoms with van der Waals surface area (Å²) >= 11 is 0. The van der Waals surface area contributed by atoms with E-state index >= 15 is 0 Å². The highest BCUT2D eigenvalue weighted by atomic mass is 16.9. The van der Waals surface area contributed by atoms with Gasteiger partial charge in [0.1, 0.15) is 5.60 Å². The Labute approximate surface area is 179 Å². The molecule has 1 atom stereocenters. The Morgan fingerprint density at radius 1 is 0.793 bits per heavy atom. The Hall–Kier alpha value is -0.620. The molecule has 172 valence electrons. The third-order valence-corrected chi connectivity index (χ3v) is 5.30. The standard InChI is InChI=1S/C24H46O5/c1-5-9-17-25-18-13-15-23(26-19-10-6-2)16-14-22-29-24(23,27-20-11-7-3)28-21-12-8-4/h9,17H,5-8,10-16,18-22H2,1-4H3. The number of allylic oxidation sites excluding steroid dienone is 1. The van der Waals surface area contributed by atoms with Crippen LogP contribution in [0.5, 0.6) is 0 Å². The third-order valence-electron chi connectivity index (χ3n) is 5.30. The Kier molecular flexibility index (Phi) is 14.7. The van der Waals surface area contributed by atoms with Crippen LogP contribution in [0.4, 0.5) is 0 Å². The molecule has 0 amide bonds. The molecule has 1 aliphatic heterocycles. The summed E-state index contributed by atoms with van der Waals surface area (Å²) in [4.78, 5) is 0. The number of hydrogen-bond donors (Lipinski definition) is 0. The second-order valence-electron chi connectivity index (χ2n) is 7.86. The molecule has 1 saturated heterocycles. The van der Waals surface area contributed by atoms with E-state index < -0.39 is 11.6 Å². The average Bonchev–Trinajstić information content (AvgIpc) is 2.73. The van der Waals surface area contributed by atoms with E-state index in [1.54, 1.807) is 6.26 Å². The fraction of sp³-hybridized carbons (Fsp3) is 0.917. The van der Waals surface area contributed by atoms with Crippen molar-refractivity contribution in [2.75, 3.05) is 33.0 Å². The summed E-state index contributed by atoms with van der Waals surface area (Å²) in [5, 5.41) is 0. The van der Waals surface area contributed by atoms with Gasteiger partial charge in [0.05, 0.1) is 32.7 Å². The quantitative estimate of drug-likeness (QED) is 0.148. The van der Waals surface area contributed by atoms with E-state index in [-0.39, 0.29) is 0 Å². The lowest BCUT2D eigenvalue weighted by Gasteiger charge is -2.51. The maximum atomic E-state index is 6.57. The van der Waals surface area contributed by atoms with E-state index in [0.717, 1.165) is 70.6 Å². The predicted octanol–water partition coefficient (Wildman–Crippen LogP) is 6.36. The lowest BCUT2D eigenvalue weighted by molar-refractivity contribution is -0.461. The van der Waals surface area contributed by atoms with Crippen LogP contribution in [-0.4, -0.2) is 44.6 Å². The minimum absolute atomic E-state index is 0.584. The van der Waals surface area contributed by atoms with Gasteiger partial charge in [0.25, 0.3) is 0 Å². The highest BCUT2D eigenvalue weighted by molar-refractivity contribution is 4.94. The summed E-state index contributed by atoms with van der Waals surface area (Å²) in [5.41, 5.74) is -0.584. The fourth-order valence-corrected chi connectivity index (χ4v) is 3.53. The van der Waals surface area contributed by atoms with Crippen LogP contribution >= 0.6 is 0 Å². The topological polar surface area (TPSA) is 46.2 Å². The summed E-state index contributed by atoms with van der Waals surface area (Å²) in [6.45, 7) is 11.9. The van der Waals surface area contributed by atoms with E-state index in [4.69, 9.17) is 23.7 Å². The van der Waals surface area contributed by atoms with Gasteiger partial charge in [0.2, 0.25) is 0 Å². The molecule has 0 aliphatic carbocycles. The van der Waals surface area contributed by atoms with E-state index in [2.05, 4.69) is 27.7 Å². The minimum Gasteiger partial charge on any atom is -0.502 e. The van der Waals surface area contributed by atoms with Gasteiger partial charge in [-0.3, -0.25) is 0 Å². The molecule has 1 heterocycles. The molecule has 0 N–H and O–H groups in total. The van der Waals surface area contributed by atoms with E-state index in [1.807, 2.05) is 6.08 Å². The number of hydrogen-bond acceptors (Lipinski definition) is 5. The van der Waals surface area contributed by atoms with Crippen LogP contribution in [0.2, 0.25) is 0 Å². The van der Waals surface area contributed by atoms with Gasteiger partial charge >= 0.3 is 5.97 Å². The first-order chi connectivity index (χ1) is 14.2. The highest BCUT2D eigenvalue weighted by Crippen LogP contribution is 2.44. The van der Waals surface area contributed by atoms with Crippen LogP contribution in [-0.2, 0) is 23.7 Å². The largest absolute Gasteiger partial charge is 0.502 e. The molecule has 0 bridgehead atoms. The maximum absolute atomic E-state index is 6.57. The van der Waals surface area contributed by atoms with Crippen molar-refractivity contribution in [2.24, 2.45) is 0 Å². The Morgan fingerprint density at radius 3 is 2.00 bits per heavy atom. The van der Waals surface area contributed by atoms with Crippen molar-refractivity contribution in [1.82, 2.24) is 0 Å². The van der Waals surface area contributed by atoms with Gasteiger partial charge in [-0.25, -0.2) is 0 Å². The molecule has 0 spiro atoms. The van der Waals surface area contributed by atoms with Gasteiger partial charge in [-0.05, 0) is 51.4 Å². The van der Waals surface area contributed by atoms with Gasteiger partial charge in [-0.1, -0.05) is 53.0 Å². The zero-order valence-corrected chi connectivity index (χ0v) is 19.5. The van der Waals surface area contributed by atoms with Crippen LogP contribution in [0.3, 0.4) is 0 Å². The monoisotopic (exact) mass is 414 g/mol. The van der Waals surface area contributed by atoms with Crippen molar-refractivity contribution in [3.63, 3.8) is 0 Å². The molecule has 1 unspecified atom stereocenters. The van der Waals surface area contributed by atoms with Gasteiger partial charge in [-0.15, -0.1) is 0 Å². The van der Waals surface area contributed by atoms with Crippen LogP contribution in [0.15, 0.2) is 12.3 Å². The molecule has 0 aromatic heterocycles. The molecular weight excluding hydrogens is 368 g/mol. The van der Waals surface area contributed by atoms with E-state index in [9.17, 15) is 0 Å². The smallest absolute Gasteiger partial charge is 0.313 e. The number of rotatable bonds is 18. The van der Waals surface area contributed by atoms with Crippen molar-refractivity contribution in [1.29, 1.82) is 0 Å². The lowest BCUT2D eigenvalue weighted by atomic mass is 9.86. The fourth-order valence-electron chi connectivity index (χ4n) is 3.53. The van der Waals surface area contributed by atoms with Gasteiger partial charge < -0.3 is 23.7 Å². The molecule has 0 saturated carbocycles. The second-order valence-corrected chi connectivity index (χ2v) is 7.86. The first kappa shape index (κ1) is 26.4. The molecule has 1 fully saturated rings. The van der Waals surface area contributed by atoms with Gasteiger partial charge in [0, 0.05) is 6.61 Å².